The van der Waals surface area contributed by atoms with Gasteiger partial charge in [-0.15, -0.1) is 0 Å². The highest BCUT2D eigenvalue weighted by Crippen LogP contribution is 2.36. The number of carbonyl (C=O) groups excluding carboxylic acids is 2. The molecule has 3 aromatic rings. The zero-order valence-electron chi connectivity index (χ0n) is 17.7. The number of nitrogens with one attached hydrogen (secondary N) is 2. The van der Waals surface area contributed by atoms with Gasteiger partial charge in [0.15, 0.2) is 11.5 Å². The van der Waals surface area contributed by atoms with Crippen molar-refractivity contribution in [2.24, 2.45) is 0 Å². The Labute approximate surface area is 187 Å². The van der Waals surface area contributed by atoms with Crippen LogP contribution in [0, 0.1) is 29.8 Å². The number of ether oxygens (including phenoxy) is 2. The second kappa shape index (κ2) is 8.61. The molecule has 0 fully saturated rings. The van der Waals surface area contributed by atoms with Crippen LogP contribution in [0.4, 0.5) is 10.1 Å². The van der Waals surface area contributed by atoms with E-state index in [4.69, 9.17) is 9.47 Å². The first-order valence-electron chi connectivity index (χ1n) is 9.90. The number of aromatic nitrogens is 1. The van der Waals surface area contributed by atoms with Crippen molar-refractivity contribution in [1.82, 2.24) is 15.4 Å². The first-order valence-corrected chi connectivity index (χ1v) is 9.90. The summed E-state index contributed by atoms with van der Waals surface area (Å²) in [6.07, 6.45) is 0. The van der Waals surface area contributed by atoms with E-state index in [0.29, 0.717) is 11.4 Å². The Morgan fingerprint density at radius 3 is 2.15 bits per heavy atom. The number of rotatable bonds is 4. The number of hydrogen-bond acceptors (Lipinski definition) is 6. The lowest BCUT2D eigenvalue weighted by Gasteiger charge is -2.19. The minimum atomic E-state index is -0.889. The summed E-state index contributed by atoms with van der Waals surface area (Å²) in [5.41, 5.74) is 5.93. The van der Waals surface area contributed by atoms with Crippen molar-refractivity contribution < 1.29 is 28.4 Å². The molecule has 2 N–H and O–H groups in total. The van der Waals surface area contributed by atoms with Crippen molar-refractivity contribution in [2.75, 3.05) is 13.2 Å². The zero-order valence-corrected chi connectivity index (χ0v) is 17.7. The van der Waals surface area contributed by atoms with Crippen LogP contribution in [0.15, 0.2) is 42.5 Å². The van der Waals surface area contributed by atoms with Crippen molar-refractivity contribution in [3.63, 3.8) is 0 Å². The van der Waals surface area contributed by atoms with Gasteiger partial charge >= 0.3 is 0 Å². The molecule has 10 nitrogen and oxygen atoms in total. The van der Waals surface area contributed by atoms with Crippen LogP contribution in [0.1, 0.15) is 32.1 Å². The number of benzene rings is 2. The van der Waals surface area contributed by atoms with E-state index in [1.54, 1.807) is 36.6 Å². The van der Waals surface area contributed by atoms with E-state index in [1.165, 1.54) is 18.2 Å². The van der Waals surface area contributed by atoms with Gasteiger partial charge in [0.1, 0.15) is 24.6 Å². The molecule has 2 aromatic carbocycles. The molecule has 1 aliphatic heterocycles. The summed E-state index contributed by atoms with van der Waals surface area (Å²) in [5.74, 6) is -1.52. The molecule has 2 heterocycles. The predicted octanol–water partition coefficient (Wildman–Crippen LogP) is 2.99. The van der Waals surface area contributed by atoms with Crippen LogP contribution < -0.4 is 20.3 Å². The van der Waals surface area contributed by atoms with Gasteiger partial charge in [-0.3, -0.25) is 30.6 Å². The van der Waals surface area contributed by atoms with E-state index in [9.17, 15) is 24.1 Å². The molecule has 0 atom stereocenters. The Kier molecular flexibility index (Phi) is 5.69. The van der Waals surface area contributed by atoms with Crippen LogP contribution in [-0.4, -0.2) is 34.5 Å². The van der Waals surface area contributed by atoms with E-state index in [-0.39, 0.29) is 41.7 Å². The van der Waals surface area contributed by atoms with Gasteiger partial charge in [0.05, 0.1) is 16.6 Å². The molecule has 0 saturated heterocycles. The number of nitrogens with zero attached hydrogens (tertiary/aromatic N) is 2. The molecular formula is C22H19FN4O6. The van der Waals surface area contributed by atoms with Gasteiger partial charge in [-0.2, -0.15) is 0 Å². The van der Waals surface area contributed by atoms with Gasteiger partial charge in [-0.25, -0.2) is 4.39 Å². The predicted molar refractivity (Wildman–Crippen MR) is 114 cm³/mol. The maximum absolute atomic E-state index is 13.3. The second-order valence-electron chi connectivity index (χ2n) is 7.28. The third-order valence-corrected chi connectivity index (χ3v) is 5.15. The summed E-state index contributed by atoms with van der Waals surface area (Å²) >= 11 is 0. The number of halogens is 1. The molecule has 1 aromatic heterocycles. The Morgan fingerprint density at radius 2 is 1.55 bits per heavy atom. The standard InChI is InChI=1S/C22H19FN4O6/c1-12-9-16(13(2)26(12)15-5-3-14(23)4-6-15)21(28)24-25-22(29)17-10-19-20(33-8-7-32-19)11-18(17)27(30)31/h3-6,9-11H,7-8H2,1-2H3,(H,24,28)(H,25,29). The smallest absolute Gasteiger partial charge is 0.286 e. The number of amides is 2. The molecule has 0 aliphatic carbocycles. The largest absolute Gasteiger partial charge is 0.486 e. The van der Waals surface area contributed by atoms with E-state index in [1.807, 2.05) is 0 Å². The van der Waals surface area contributed by atoms with Crippen LogP contribution in [0.5, 0.6) is 11.5 Å². The fraction of sp³-hybridized carbons (Fsp3) is 0.182. The molecular weight excluding hydrogens is 435 g/mol. The van der Waals surface area contributed by atoms with E-state index in [0.717, 1.165) is 11.8 Å². The minimum absolute atomic E-state index is 0.168. The summed E-state index contributed by atoms with van der Waals surface area (Å²) in [5, 5.41) is 11.4. The number of aryl methyl sites for hydroxylation is 1. The van der Waals surface area contributed by atoms with E-state index < -0.39 is 22.4 Å². The van der Waals surface area contributed by atoms with Crippen LogP contribution in [0.2, 0.25) is 0 Å². The van der Waals surface area contributed by atoms with Crippen LogP contribution >= 0.6 is 0 Å². The van der Waals surface area contributed by atoms with Crippen LogP contribution in [0.3, 0.4) is 0 Å². The molecule has 0 unspecified atom stereocenters. The maximum Gasteiger partial charge on any atom is 0.286 e. The molecule has 1 aliphatic rings. The Bertz CT molecular complexity index is 1270. The van der Waals surface area contributed by atoms with Crippen molar-refractivity contribution in [1.29, 1.82) is 0 Å². The SMILES string of the molecule is Cc1cc(C(=O)NNC(=O)c2cc3c(cc2[N+](=O)[O-])OCCO3)c(C)n1-c1ccc(F)cc1. The summed E-state index contributed by atoms with van der Waals surface area (Å²) in [7, 11) is 0. The summed E-state index contributed by atoms with van der Waals surface area (Å²) in [6.45, 7) is 3.97. The van der Waals surface area contributed by atoms with E-state index >= 15 is 0 Å². The van der Waals surface area contributed by atoms with Crippen LogP contribution in [0.25, 0.3) is 5.69 Å². The number of nitro benzene ring substituents is 1. The number of carbonyl (C=O) groups is 2. The molecule has 0 spiro atoms. The minimum Gasteiger partial charge on any atom is -0.486 e. The Balaban J connectivity index is 1.54. The fourth-order valence-corrected chi connectivity index (χ4v) is 3.64. The molecule has 11 heteroatoms. The molecule has 0 bridgehead atoms. The first-order chi connectivity index (χ1) is 15.8. The van der Waals surface area contributed by atoms with Gasteiger partial charge in [0, 0.05) is 23.1 Å². The number of fused-ring (bicyclic) bond motifs is 1. The fourth-order valence-electron chi connectivity index (χ4n) is 3.64. The Morgan fingerprint density at radius 1 is 0.970 bits per heavy atom. The monoisotopic (exact) mass is 454 g/mol. The zero-order chi connectivity index (χ0) is 23.7. The molecule has 0 radical (unpaired) electrons. The average molecular weight is 454 g/mol. The number of hydrazine groups is 1. The van der Waals surface area contributed by atoms with Gasteiger partial charge in [-0.1, -0.05) is 0 Å². The van der Waals surface area contributed by atoms with Crippen molar-refractivity contribution >= 4 is 17.5 Å². The summed E-state index contributed by atoms with van der Waals surface area (Å²) in [6, 6.07) is 9.73. The topological polar surface area (TPSA) is 125 Å². The summed E-state index contributed by atoms with van der Waals surface area (Å²) < 4.78 is 25.7. The van der Waals surface area contributed by atoms with Crippen LogP contribution in [-0.2, 0) is 0 Å². The highest BCUT2D eigenvalue weighted by atomic mass is 19.1. The van der Waals surface area contributed by atoms with Gasteiger partial charge in [0.2, 0.25) is 0 Å². The molecule has 2 amide bonds. The lowest BCUT2D eigenvalue weighted by molar-refractivity contribution is -0.385. The summed E-state index contributed by atoms with van der Waals surface area (Å²) in [4.78, 5) is 36.1. The molecule has 0 saturated carbocycles. The molecule has 4 rings (SSSR count). The molecule has 170 valence electrons. The third kappa shape index (κ3) is 4.20. The second-order valence-corrected chi connectivity index (χ2v) is 7.28. The maximum atomic E-state index is 13.3. The van der Waals surface area contributed by atoms with Gasteiger partial charge in [0.25, 0.3) is 17.5 Å². The number of nitro groups is 1. The third-order valence-electron chi connectivity index (χ3n) is 5.15. The van der Waals surface area contributed by atoms with Crippen molar-refractivity contribution in [3.8, 4) is 17.2 Å². The quantitative estimate of drug-likeness (QED) is 0.461. The van der Waals surface area contributed by atoms with E-state index in [2.05, 4.69) is 10.9 Å². The average Bonchev–Trinajstić information content (AvgIpc) is 3.10. The normalized spacial score (nSPS) is 12.2. The highest BCUT2D eigenvalue weighted by Gasteiger charge is 2.27. The van der Waals surface area contributed by atoms with Crippen molar-refractivity contribution in [3.05, 3.63) is 80.9 Å². The Hall–Kier alpha value is -4.41. The first kappa shape index (κ1) is 21.8. The lowest BCUT2D eigenvalue weighted by Crippen LogP contribution is -2.42. The van der Waals surface area contributed by atoms with Gasteiger partial charge in [-0.05, 0) is 44.2 Å². The molecule has 33 heavy (non-hydrogen) atoms. The highest BCUT2D eigenvalue weighted by molar-refractivity contribution is 6.02. The van der Waals surface area contributed by atoms with Crippen molar-refractivity contribution in [2.45, 2.75) is 13.8 Å². The van der Waals surface area contributed by atoms with Gasteiger partial charge < -0.3 is 14.0 Å². The number of hydrogen-bond donors (Lipinski definition) is 2. The lowest BCUT2D eigenvalue weighted by atomic mass is 10.1.